The number of methoxy groups -OCH3 is 1. The molecular weight excluding hydrogens is 570 g/mol. The van der Waals surface area contributed by atoms with Gasteiger partial charge in [0.2, 0.25) is 0 Å². The van der Waals surface area contributed by atoms with Crippen LogP contribution in [0.2, 0.25) is 5.02 Å². The number of rotatable bonds is 7. The fraction of sp³-hybridized carbons (Fsp3) is 0.207. The Morgan fingerprint density at radius 3 is 2.56 bits per heavy atom. The number of fused-ring (bicyclic) bond motifs is 1. The molecule has 5 rings (SSSR count). The van der Waals surface area contributed by atoms with Crippen molar-refractivity contribution in [1.82, 2.24) is 4.57 Å². The number of halogens is 1. The van der Waals surface area contributed by atoms with E-state index in [0.29, 0.717) is 43.4 Å². The van der Waals surface area contributed by atoms with E-state index in [1.807, 2.05) is 0 Å². The lowest BCUT2D eigenvalue weighted by Crippen LogP contribution is -2.40. The third kappa shape index (κ3) is 5.46. The minimum atomic E-state index is -0.767. The number of esters is 1. The fourth-order valence-electron chi connectivity index (χ4n) is 4.48. The SMILES string of the molecule is COc1ccc([C@H]2C(C(=O)OC(C)C)=C(C)N=c3s/c(=C\c4ccc(-c5ccc([N+](=O)[O-])cc5Cl)o4)c(=O)n32)cc1. The molecule has 0 radical (unpaired) electrons. The summed E-state index contributed by atoms with van der Waals surface area (Å²) < 4.78 is 18.6. The Bertz CT molecular complexity index is 1880. The van der Waals surface area contributed by atoms with Gasteiger partial charge in [0, 0.05) is 23.8 Å². The van der Waals surface area contributed by atoms with Crippen LogP contribution in [-0.4, -0.2) is 28.7 Å². The lowest BCUT2D eigenvalue weighted by Gasteiger charge is -2.25. The fourth-order valence-corrected chi connectivity index (χ4v) is 5.78. The van der Waals surface area contributed by atoms with E-state index in [1.54, 1.807) is 70.4 Å². The highest BCUT2D eigenvalue weighted by Gasteiger charge is 2.33. The molecule has 0 bridgehead atoms. The lowest BCUT2D eigenvalue weighted by molar-refractivity contribution is -0.384. The van der Waals surface area contributed by atoms with E-state index in [0.717, 1.165) is 11.3 Å². The average molecular weight is 594 g/mol. The van der Waals surface area contributed by atoms with Gasteiger partial charge in [-0.05, 0) is 56.7 Å². The summed E-state index contributed by atoms with van der Waals surface area (Å²) in [5.74, 6) is 0.840. The van der Waals surface area contributed by atoms with E-state index >= 15 is 0 Å². The molecule has 41 heavy (non-hydrogen) atoms. The molecule has 12 heteroatoms. The number of hydrogen-bond acceptors (Lipinski definition) is 9. The van der Waals surface area contributed by atoms with Gasteiger partial charge in [0.25, 0.3) is 11.2 Å². The maximum Gasteiger partial charge on any atom is 0.338 e. The molecule has 1 aliphatic rings. The molecule has 2 aromatic heterocycles. The quantitative estimate of drug-likeness (QED) is 0.167. The average Bonchev–Trinajstić information content (AvgIpc) is 3.51. The summed E-state index contributed by atoms with van der Waals surface area (Å²) in [6, 6.07) is 13.8. The van der Waals surface area contributed by atoms with Gasteiger partial charge in [-0.25, -0.2) is 9.79 Å². The number of aromatic nitrogens is 1. The molecular formula is C29H24ClN3O7S. The van der Waals surface area contributed by atoms with Gasteiger partial charge in [-0.2, -0.15) is 0 Å². The first kappa shape index (κ1) is 28.1. The van der Waals surface area contributed by atoms with Gasteiger partial charge in [-0.15, -0.1) is 0 Å². The number of furan rings is 1. The van der Waals surface area contributed by atoms with E-state index in [1.165, 1.54) is 22.8 Å². The Labute approximate surface area is 242 Å². The summed E-state index contributed by atoms with van der Waals surface area (Å²) >= 11 is 7.42. The molecule has 0 spiro atoms. The molecule has 1 aliphatic heterocycles. The number of hydrogen-bond donors (Lipinski definition) is 0. The molecule has 2 aromatic carbocycles. The first-order valence-electron chi connectivity index (χ1n) is 12.5. The number of carbonyl (C=O) groups is 1. The van der Waals surface area contributed by atoms with Crippen molar-refractivity contribution in [2.45, 2.75) is 32.9 Å². The highest BCUT2D eigenvalue weighted by Crippen LogP contribution is 2.33. The predicted molar refractivity (Wildman–Crippen MR) is 154 cm³/mol. The number of non-ortho nitro benzene ring substituents is 1. The Hall–Kier alpha value is -4.48. The summed E-state index contributed by atoms with van der Waals surface area (Å²) in [5.41, 5.74) is 1.40. The summed E-state index contributed by atoms with van der Waals surface area (Å²) in [7, 11) is 1.56. The van der Waals surface area contributed by atoms with E-state index in [-0.39, 0.29) is 27.9 Å². The van der Waals surface area contributed by atoms with Gasteiger partial charge in [0.1, 0.15) is 17.3 Å². The normalized spacial score (nSPS) is 15.1. The standard InChI is InChI=1S/C29H24ClN3O7S/c1-15(2)39-28(35)25-16(3)31-29-32(26(25)17-5-8-19(38-4)9-6-17)27(34)24(41-29)14-20-10-12-23(40-20)21-11-7-18(33(36)37)13-22(21)30/h5-15,26H,1-4H3/b24-14-/t26-/m0/s1. The van der Waals surface area contributed by atoms with Crippen LogP contribution in [0.3, 0.4) is 0 Å². The van der Waals surface area contributed by atoms with Crippen molar-refractivity contribution < 1.29 is 23.6 Å². The molecule has 0 aliphatic carbocycles. The molecule has 0 amide bonds. The van der Waals surface area contributed by atoms with Crippen LogP contribution < -0.4 is 19.6 Å². The minimum Gasteiger partial charge on any atom is -0.497 e. The smallest absolute Gasteiger partial charge is 0.338 e. The van der Waals surface area contributed by atoms with E-state index < -0.39 is 16.9 Å². The van der Waals surface area contributed by atoms with Crippen LogP contribution in [0, 0.1) is 10.1 Å². The van der Waals surface area contributed by atoms with Crippen molar-refractivity contribution in [3.63, 3.8) is 0 Å². The van der Waals surface area contributed by atoms with Gasteiger partial charge >= 0.3 is 5.97 Å². The van der Waals surface area contributed by atoms with Gasteiger partial charge in [0.05, 0.1) is 45.0 Å². The molecule has 0 N–H and O–H groups in total. The minimum absolute atomic E-state index is 0.134. The Morgan fingerprint density at radius 1 is 1.20 bits per heavy atom. The summed E-state index contributed by atoms with van der Waals surface area (Å²) in [5, 5.41) is 11.2. The molecule has 3 heterocycles. The van der Waals surface area contributed by atoms with Gasteiger partial charge in [-0.3, -0.25) is 19.5 Å². The van der Waals surface area contributed by atoms with Crippen LogP contribution in [-0.2, 0) is 9.53 Å². The first-order chi connectivity index (χ1) is 19.6. The van der Waals surface area contributed by atoms with Crippen molar-refractivity contribution in [3.05, 3.63) is 112 Å². The number of nitro groups is 1. The number of allylic oxidation sites excluding steroid dienone is 1. The van der Waals surface area contributed by atoms with Gasteiger partial charge in [0.15, 0.2) is 4.80 Å². The second-order valence-corrected chi connectivity index (χ2v) is 10.8. The largest absolute Gasteiger partial charge is 0.497 e. The summed E-state index contributed by atoms with van der Waals surface area (Å²) in [6.45, 7) is 5.23. The van der Waals surface area contributed by atoms with Crippen molar-refractivity contribution in [3.8, 4) is 17.1 Å². The third-order valence-electron chi connectivity index (χ3n) is 6.34. The number of thiazole rings is 1. The van der Waals surface area contributed by atoms with Crippen molar-refractivity contribution in [1.29, 1.82) is 0 Å². The molecule has 10 nitrogen and oxygen atoms in total. The maximum absolute atomic E-state index is 13.8. The van der Waals surface area contributed by atoms with Crippen molar-refractivity contribution in [2.75, 3.05) is 7.11 Å². The zero-order valence-electron chi connectivity index (χ0n) is 22.4. The lowest BCUT2D eigenvalue weighted by atomic mass is 9.96. The first-order valence-corrected chi connectivity index (χ1v) is 13.7. The van der Waals surface area contributed by atoms with Crippen LogP contribution in [0.5, 0.6) is 5.75 Å². The maximum atomic E-state index is 13.8. The van der Waals surface area contributed by atoms with Crippen LogP contribution in [0.4, 0.5) is 5.69 Å². The van der Waals surface area contributed by atoms with Crippen LogP contribution in [0.15, 0.2) is 80.1 Å². The molecule has 0 fully saturated rings. The Balaban J connectivity index is 1.60. The van der Waals surface area contributed by atoms with E-state index in [9.17, 15) is 19.7 Å². The molecule has 1 atom stereocenters. The monoisotopic (exact) mass is 593 g/mol. The number of nitro benzene ring substituents is 1. The summed E-state index contributed by atoms with van der Waals surface area (Å²) in [4.78, 5) is 42.5. The van der Waals surface area contributed by atoms with Crippen LogP contribution in [0.25, 0.3) is 17.4 Å². The third-order valence-corrected chi connectivity index (χ3v) is 7.64. The zero-order chi connectivity index (χ0) is 29.4. The Morgan fingerprint density at radius 2 is 1.93 bits per heavy atom. The highest BCUT2D eigenvalue weighted by atomic mass is 35.5. The van der Waals surface area contributed by atoms with E-state index in [4.69, 9.17) is 25.5 Å². The molecule has 0 unspecified atom stereocenters. The Kier molecular flexibility index (Phi) is 7.65. The zero-order valence-corrected chi connectivity index (χ0v) is 24.0. The predicted octanol–water partition coefficient (Wildman–Crippen LogP) is 5.02. The second-order valence-electron chi connectivity index (χ2n) is 9.43. The van der Waals surface area contributed by atoms with Gasteiger partial charge in [-0.1, -0.05) is 35.1 Å². The topological polar surface area (TPSA) is 126 Å². The molecule has 0 saturated carbocycles. The van der Waals surface area contributed by atoms with Crippen molar-refractivity contribution >= 4 is 40.7 Å². The van der Waals surface area contributed by atoms with Crippen LogP contribution >= 0.6 is 22.9 Å². The second kappa shape index (κ2) is 11.2. The molecule has 0 saturated heterocycles. The molecule has 4 aromatic rings. The molecule has 210 valence electrons. The number of nitrogens with zero attached hydrogens (tertiary/aromatic N) is 3. The van der Waals surface area contributed by atoms with Gasteiger partial charge < -0.3 is 13.9 Å². The number of carbonyl (C=O) groups excluding carboxylic acids is 1. The number of benzene rings is 2. The summed E-state index contributed by atoms with van der Waals surface area (Å²) in [6.07, 6.45) is 1.23. The number of ether oxygens (including phenoxy) is 2. The van der Waals surface area contributed by atoms with Crippen LogP contribution in [0.1, 0.15) is 38.1 Å². The van der Waals surface area contributed by atoms with E-state index in [2.05, 4.69) is 4.99 Å². The highest BCUT2D eigenvalue weighted by molar-refractivity contribution is 7.07. The van der Waals surface area contributed by atoms with Crippen molar-refractivity contribution in [2.24, 2.45) is 4.99 Å².